The highest BCUT2D eigenvalue weighted by atomic mass is 28.4. The molecule has 0 N–H and O–H groups in total. The lowest BCUT2D eigenvalue weighted by molar-refractivity contribution is 0.0440. The Morgan fingerprint density at radius 1 is 0.808 bits per heavy atom. The molecular weight excluding hydrogens is 374 g/mol. The topological polar surface area (TPSA) is 9.23 Å². The minimum atomic E-state index is -4.12. The van der Waals surface area contributed by atoms with E-state index in [0.717, 1.165) is 6.08 Å². The molecule has 8 heteroatoms. The number of fused-ring (bicyclic) bond motifs is 1. The van der Waals surface area contributed by atoms with Crippen molar-refractivity contribution in [2.45, 2.75) is 64.1 Å². The zero-order valence-electron chi connectivity index (χ0n) is 15.4. The summed E-state index contributed by atoms with van der Waals surface area (Å²) in [6.07, 6.45) is 1.15. The van der Waals surface area contributed by atoms with Gasteiger partial charge in [0.05, 0.1) is 17.2 Å². The molecule has 0 aliphatic heterocycles. The number of allylic oxidation sites excluding steroid dienone is 1. The van der Waals surface area contributed by atoms with Crippen molar-refractivity contribution in [3.8, 4) is 5.75 Å². The van der Waals surface area contributed by atoms with E-state index >= 15 is 0 Å². The van der Waals surface area contributed by atoms with Gasteiger partial charge in [-0.15, -0.1) is 0 Å². The van der Waals surface area contributed by atoms with Gasteiger partial charge in [0.15, 0.2) is 17.4 Å². The molecule has 0 fully saturated rings. The fourth-order valence-corrected chi connectivity index (χ4v) is 9.29. The molecular formula is C18H21F6OSi. The van der Waals surface area contributed by atoms with Crippen molar-refractivity contribution >= 4 is 14.1 Å². The van der Waals surface area contributed by atoms with Gasteiger partial charge in [-0.1, -0.05) is 41.5 Å². The molecule has 0 saturated heterocycles. The standard InChI is InChI=1S/C18H21F6OSi/c1-8(2)26(9(3)4,10(5)6)25-17-13-12(11(19)7-18(13,23)24)14(20)15(21)16(17)22/h8-10H,1-6H3. The number of hydrogen-bond donors (Lipinski definition) is 0. The molecule has 1 aliphatic rings. The van der Waals surface area contributed by atoms with E-state index < -0.39 is 54.4 Å². The summed E-state index contributed by atoms with van der Waals surface area (Å²) in [5.41, 5.74) is -3.10. The second-order valence-corrected chi connectivity index (χ2v) is 12.8. The summed E-state index contributed by atoms with van der Waals surface area (Å²) < 4.78 is 90.5. The third-order valence-corrected chi connectivity index (χ3v) is 11.0. The van der Waals surface area contributed by atoms with E-state index in [1.165, 1.54) is 0 Å². The van der Waals surface area contributed by atoms with Gasteiger partial charge in [-0.25, -0.2) is 13.2 Å². The monoisotopic (exact) mass is 395 g/mol. The molecule has 0 heterocycles. The molecule has 0 saturated carbocycles. The second kappa shape index (κ2) is 6.62. The van der Waals surface area contributed by atoms with Crippen LogP contribution in [0.3, 0.4) is 0 Å². The Morgan fingerprint density at radius 3 is 1.69 bits per heavy atom. The lowest BCUT2D eigenvalue weighted by atomic mass is 10.0. The first kappa shape index (κ1) is 20.9. The summed E-state index contributed by atoms with van der Waals surface area (Å²) in [7, 11) is -2.99. The molecule has 26 heavy (non-hydrogen) atoms. The predicted octanol–water partition coefficient (Wildman–Crippen LogP) is 6.88. The maximum Gasteiger partial charge on any atom is 0.306 e. The van der Waals surface area contributed by atoms with Crippen LogP contribution >= 0.6 is 0 Å². The normalized spacial score (nSPS) is 16.5. The Morgan fingerprint density at radius 2 is 1.27 bits per heavy atom. The van der Waals surface area contributed by atoms with Crippen LogP contribution in [0.15, 0.2) is 0 Å². The molecule has 145 valence electrons. The van der Waals surface area contributed by atoms with E-state index in [-0.39, 0.29) is 16.6 Å². The predicted molar refractivity (Wildman–Crippen MR) is 89.6 cm³/mol. The van der Waals surface area contributed by atoms with E-state index in [1.54, 1.807) is 0 Å². The Bertz CT molecular complexity index is 733. The highest BCUT2D eigenvalue weighted by molar-refractivity contribution is 6.78. The van der Waals surface area contributed by atoms with Crippen LogP contribution in [0.2, 0.25) is 16.6 Å². The van der Waals surface area contributed by atoms with Crippen LogP contribution in [0, 0.1) is 23.5 Å². The molecule has 0 amide bonds. The third-order valence-electron chi connectivity index (χ3n) is 5.07. The summed E-state index contributed by atoms with van der Waals surface area (Å²) in [6, 6.07) is 0. The number of hydrogen-bond acceptors (Lipinski definition) is 1. The summed E-state index contributed by atoms with van der Waals surface area (Å²) in [4.78, 5) is 0. The van der Waals surface area contributed by atoms with Crippen LogP contribution in [0.1, 0.15) is 52.7 Å². The van der Waals surface area contributed by atoms with Crippen molar-refractivity contribution < 1.29 is 30.8 Å². The van der Waals surface area contributed by atoms with Crippen LogP contribution in [0.5, 0.6) is 5.75 Å². The average Bonchev–Trinajstić information content (AvgIpc) is 2.73. The fourth-order valence-electron chi connectivity index (χ4n) is 4.03. The first-order valence-corrected chi connectivity index (χ1v) is 10.5. The molecule has 1 aliphatic carbocycles. The summed E-state index contributed by atoms with van der Waals surface area (Å²) in [5.74, 6) is -12.9. The van der Waals surface area contributed by atoms with Gasteiger partial charge in [0.2, 0.25) is 5.82 Å². The Hall–Kier alpha value is -1.44. The fraction of sp³-hybridized carbons (Fsp3) is 0.556. The molecule has 1 radical (unpaired) electrons. The molecule has 0 aromatic heterocycles. The molecule has 0 bridgehead atoms. The molecule has 1 nitrogen and oxygen atoms in total. The maximum absolute atomic E-state index is 14.5. The first-order valence-electron chi connectivity index (χ1n) is 8.37. The largest absolute Gasteiger partial charge is 0.540 e. The average molecular weight is 395 g/mol. The number of halogens is 6. The Kier molecular flexibility index (Phi) is 5.31. The zero-order valence-corrected chi connectivity index (χ0v) is 16.4. The van der Waals surface area contributed by atoms with E-state index in [4.69, 9.17) is 4.43 Å². The van der Waals surface area contributed by atoms with E-state index in [0.29, 0.717) is 0 Å². The first-order chi connectivity index (χ1) is 11.8. The van der Waals surface area contributed by atoms with Gasteiger partial charge >= 0.3 is 5.92 Å². The lowest BCUT2D eigenvalue weighted by Gasteiger charge is -2.42. The SMILES string of the molecule is CC(C)[Si](Oc1c(F)c(F)c(F)c2c1C(F)(F)[C]=C2F)(C(C)C)C(C)C. The van der Waals surface area contributed by atoms with E-state index in [1.807, 2.05) is 41.5 Å². The minimum absolute atomic E-state index is 0.150. The smallest absolute Gasteiger partial charge is 0.306 e. The summed E-state index contributed by atoms with van der Waals surface area (Å²) in [6.45, 7) is 10.9. The van der Waals surface area contributed by atoms with Crippen molar-refractivity contribution in [1.29, 1.82) is 0 Å². The van der Waals surface area contributed by atoms with Gasteiger partial charge in [-0.2, -0.15) is 13.2 Å². The van der Waals surface area contributed by atoms with Gasteiger partial charge in [-0.3, -0.25) is 0 Å². The van der Waals surface area contributed by atoms with Crippen LogP contribution in [-0.2, 0) is 5.92 Å². The lowest BCUT2D eigenvalue weighted by Crippen LogP contribution is -2.51. The highest BCUT2D eigenvalue weighted by Gasteiger charge is 2.52. The highest BCUT2D eigenvalue weighted by Crippen LogP contribution is 2.53. The third kappa shape index (κ3) is 2.86. The maximum atomic E-state index is 14.5. The Labute approximate surface area is 150 Å². The molecule has 0 spiro atoms. The van der Waals surface area contributed by atoms with E-state index in [9.17, 15) is 26.3 Å². The van der Waals surface area contributed by atoms with Crippen LogP contribution < -0.4 is 4.43 Å². The van der Waals surface area contributed by atoms with Crippen molar-refractivity contribution in [3.05, 3.63) is 34.7 Å². The molecule has 0 unspecified atom stereocenters. The van der Waals surface area contributed by atoms with Gasteiger partial charge < -0.3 is 4.43 Å². The van der Waals surface area contributed by atoms with Gasteiger partial charge in [-0.05, 0) is 16.6 Å². The molecule has 1 aromatic carbocycles. The minimum Gasteiger partial charge on any atom is -0.540 e. The number of rotatable bonds is 5. The van der Waals surface area contributed by atoms with Gasteiger partial charge in [0, 0.05) is 0 Å². The zero-order chi connectivity index (χ0) is 20.2. The van der Waals surface area contributed by atoms with Crippen LogP contribution in [0.25, 0.3) is 5.83 Å². The van der Waals surface area contributed by atoms with Crippen molar-refractivity contribution in [1.82, 2.24) is 0 Å². The van der Waals surface area contributed by atoms with Crippen LogP contribution in [0.4, 0.5) is 26.3 Å². The second-order valence-electron chi connectivity index (χ2n) is 7.45. The van der Waals surface area contributed by atoms with Gasteiger partial charge in [0.1, 0.15) is 5.83 Å². The quantitative estimate of drug-likeness (QED) is 0.300. The number of benzene rings is 1. The van der Waals surface area contributed by atoms with Crippen LogP contribution in [-0.4, -0.2) is 8.32 Å². The van der Waals surface area contributed by atoms with E-state index in [2.05, 4.69) is 0 Å². The van der Waals surface area contributed by atoms with Crippen molar-refractivity contribution in [3.63, 3.8) is 0 Å². The summed E-state index contributed by atoms with van der Waals surface area (Å²) in [5, 5.41) is 0. The Balaban J connectivity index is 2.82. The summed E-state index contributed by atoms with van der Waals surface area (Å²) >= 11 is 0. The molecule has 1 aromatic rings. The number of alkyl halides is 2. The molecule has 2 rings (SSSR count). The molecule has 0 atom stereocenters. The van der Waals surface area contributed by atoms with Gasteiger partial charge in [0.25, 0.3) is 8.32 Å². The van der Waals surface area contributed by atoms with Crippen molar-refractivity contribution in [2.75, 3.05) is 0 Å². The van der Waals surface area contributed by atoms with Crippen molar-refractivity contribution in [2.24, 2.45) is 0 Å².